The summed E-state index contributed by atoms with van der Waals surface area (Å²) >= 11 is 0. The van der Waals surface area contributed by atoms with E-state index in [1.807, 2.05) is 0 Å². The van der Waals surface area contributed by atoms with E-state index in [0.717, 1.165) is 19.3 Å². The normalized spacial score (nSPS) is 22.3. The van der Waals surface area contributed by atoms with E-state index in [2.05, 4.69) is 5.32 Å². The SMILES string of the molecule is Cn1cc(C(=O)N[C@H]2CCCCC[C@H]2C(=O)O)ccc1=O. The van der Waals surface area contributed by atoms with Gasteiger partial charge in [-0.25, -0.2) is 0 Å². The Morgan fingerprint density at radius 3 is 2.62 bits per heavy atom. The van der Waals surface area contributed by atoms with Crippen LogP contribution in [0.15, 0.2) is 23.1 Å². The van der Waals surface area contributed by atoms with Crippen LogP contribution in [0.1, 0.15) is 42.5 Å². The van der Waals surface area contributed by atoms with Crippen molar-refractivity contribution in [2.75, 3.05) is 0 Å². The maximum Gasteiger partial charge on any atom is 0.308 e. The Balaban J connectivity index is 2.13. The molecule has 2 atom stereocenters. The average molecular weight is 292 g/mol. The minimum absolute atomic E-state index is 0.190. The molecular formula is C15H20N2O4. The molecule has 0 unspecified atom stereocenters. The molecule has 1 aromatic heterocycles. The maximum atomic E-state index is 12.2. The molecule has 1 saturated carbocycles. The van der Waals surface area contributed by atoms with Crippen molar-refractivity contribution in [2.45, 2.75) is 38.1 Å². The highest BCUT2D eigenvalue weighted by Gasteiger charge is 2.30. The topological polar surface area (TPSA) is 88.4 Å². The zero-order valence-corrected chi connectivity index (χ0v) is 12.0. The zero-order chi connectivity index (χ0) is 15.4. The van der Waals surface area contributed by atoms with Crippen molar-refractivity contribution in [3.8, 4) is 0 Å². The molecule has 1 amide bonds. The minimum atomic E-state index is -0.859. The van der Waals surface area contributed by atoms with Crippen molar-refractivity contribution in [2.24, 2.45) is 13.0 Å². The van der Waals surface area contributed by atoms with E-state index in [9.17, 15) is 19.5 Å². The van der Waals surface area contributed by atoms with Crippen molar-refractivity contribution in [1.82, 2.24) is 9.88 Å². The molecular weight excluding hydrogens is 272 g/mol. The van der Waals surface area contributed by atoms with E-state index >= 15 is 0 Å². The van der Waals surface area contributed by atoms with Gasteiger partial charge >= 0.3 is 5.97 Å². The number of aryl methyl sites for hydroxylation is 1. The number of carboxylic acids is 1. The third-order valence-electron chi connectivity index (χ3n) is 4.00. The van der Waals surface area contributed by atoms with Crippen LogP contribution in [0, 0.1) is 5.92 Å². The molecule has 0 aromatic carbocycles. The highest BCUT2D eigenvalue weighted by molar-refractivity contribution is 5.94. The second-order valence-corrected chi connectivity index (χ2v) is 5.53. The molecule has 0 saturated heterocycles. The second-order valence-electron chi connectivity index (χ2n) is 5.53. The Kier molecular flexibility index (Phi) is 4.77. The number of pyridine rings is 1. The lowest BCUT2D eigenvalue weighted by Gasteiger charge is -2.22. The van der Waals surface area contributed by atoms with Crippen LogP contribution in [0.25, 0.3) is 0 Å². The van der Waals surface area contributed by atoms with E-state index in [1.54, 1.807) is 7.05 Å². The fraction of sp³-hybridized carbons (Fsp3) is 0.533. The number of aromatic nitrogens is 1. The first-order valence-corrected chi connectivity index (χ1v) is 7.19. The fourth-order valence-electron chi connectivity index (χ4n) is 2.76. The van der Waals surface area contributed by atoms with Crippen LogP contribution in [0.5, 0.6) is 0 Å². The Labute approximate surface area is 122 Å². The number of carbonyl (C=O) groups is 2. The van der Waals surface area contributed by atoms with Gasteiger partial charge in [0, 0.05) is 25.4 Å². The smallest absolute Gasteiger partial charge is 0.308 e. The lowest BCUT2D eigenvalue weighted by atomic mass is 9.94. The zero-order valence-electron chi connectivity index (χ0n) is 12.0. The largest absolute Gasteiger partial charge is 0.481 e. The third-order valence-corrected chi connectivity index (χ3v) is 4.00. The maximum absolute atomic E-state index is 12.2. The average Bonchev–Trinajstić information content (AvgIpc) is 2.67. The number of amides is 1. The van der Waals surface area contributed by atoms with E-state index < -0.39 is 11.9 Å². The van der Waals surface area contributed by atoms with Gasteiger partial charge in [-0.05, 0) is 18.9 Å². The van der Waals surface area contributed by atoms with Gasteiger partial charge in [0.1, 0.15) is 0 Å². The monoisotopic (exact) mass is 292 g/mol. The van der Waals surface area contributed by atoms with Crippen molar-refractivity contribution in [3.05, 3.63) is 34.2 Å². The van der Waals surface area contributed by atoms with E-state index in [1.165, 1.54) is 22.9 Å². The highest BCUT2D eigenvalue weighted by Crippen LogP contribution is 2.24. The molecule has 2 N–H and O–H groups in total. The van der Waals surface area contributed by atoms with Crippen LogP contribution in [0.4, 0.5) is 0 Å². The number of rotatable bonds is 3. The van der Waals surface area contributed by atoms with Crippen LogP contribution in [-0.2, 0) is 11.8 Å². The predicted octanol–water partition coefficient (Wildman–Crippen LogP) is 1.15. The number of nitrogens with zero attached hydrogens (tertiary/aromatic N) is 1. The first-order chi connectivity index (χ1) is 9.99. The predicted molar refractivity (Wildman–Crippen MR) is 77.1 cm³/mol. The summed E-state index contributed by atoms with van der Waals surface area (Å²) in [5, 5.41) is 12.1. The van der Waals surface area contributed by atoms with E-state index in [0.29, 0.717) is 18.4 Å². The van der Waals surface area contributed by atoms with Gasteiger partial charge in [-0.2, -0.15) is 0 Å². The molecule has 1 aliphatic rings. The summed E-state index contributed by atoms with van der Waals surface area (Å²) in [6, 6.07) is 2.44. The first kappa shape index (κ1) is 15.3. The number of aliphatic carboxylic acids is 1. The van der Waals surface area contributed by atoms with Gasteiger partial charge in [0.15, 0.2) is 0 Å². The molecule has 0 aliphatic heterocycles. The van der Waals surface area contributed by atoms with Gasteiger partial charge in [-0.1, -0.05) is 19.3 Å². The van der Waals surface area contributed by atoms with Crippen LogP contribution < -0.4 is 10.9 Å². The van der Waals surface area contributed by atoms with Crippen LogP contribution in [0.3, 0.4) is 0 Å². The summed E-state index contributed by atoms with van der Waals surface area (Å²) in [5.74, 6) is -1.73. The Morgan fingerprint density at radius 2 is 1.95 bits per heavy atom. The Morgan fingerprint density at radius 1 is 1.24 bits per heavy atom. The molecule has 0 radical (unpaired) electrons. The van der Waals surface area contributed by atoms with Crippen molar-refractivity contribution < 1.29 is 14.7 Å². The van der Waals surface area contributed by atoms with Crippen molar-refractivity contribution >= 4 is 11.9 Å². The number of hydrogen-bond donors (Lipinski definition) is 2. The molecule has 6 heteroatoms. The van der Waals surface area contributed by atoms with Gasteiger partial charge < -0.3 is 15.0 Å². The van der Waals surface area contributed by atoms with Gasteiger partial charge in [-0.15, -0.1) is 0 Å². The van der Waals surface area contributed by atoms with E-state index in [-0.39, 0.29) is 17.5 Å². The standard InChI is InChI=1S/C15H20N2O4/c1-17-9-10(7-8-13(17)18)14(19)16-12-6-4-2-3-5-11(12)15(20)21/h7-9,11-12H,2-6H2,1H3,(H,16,19)(H,20,21)/t11-,12+/m1/s1. The molecule has 21 heavy (non-hydrogen) atoms. The number of carboxylic acid groups (broad SMARTS) is 1. The third kappa shape index (κ3) is 3.71. The summed E-state index contributed by atoms with van der Waals surface area (Å²) in [4.78, 5) is 34.9. The number of hydrogen-bond acceptors (Lipinski definition) is 3. The van der Waals surface area contributed by atoms with Crippen molar-refractivity contribution in [1.29, 1.82) is 0 Å². The quantitative estimate of drug-likeness (QED) is 0.818. The highest BCUT2D eigenvalue weighted by atomic mass is 16.4. The molecule has 1 heterocycles. The molecule has 1 aromatic rings. The molecule has 2 rings (SSSR count). The first-order valence-electron chi connectivity index (χ1n) is 7.19. The van der Waals surface area contributed by atoms with E-state index in [4.69, 9.17) is 0 Å². The van der Waals surface area contributed by atoms with Crippen LogP contribution in [-0.4, -0.2) is 27.6 Å². The summed E-state index contributed by atoms with van der Waals surface area (Å²) < 4.78 is 1.33. The molecule has 1 aliphatic carbocycles. The van der Waals surface area contributed by atoms with Crippen LogP contribution in [0.2, 0.25) is 0 Å². The molecule has 1 fully saturated rings. The van der Waals surface area contributed by atoms with Crippen LogP contribution >= 0.6 is 0 Å². The fourth-order valence-corrected chi connectivity index (χ4v) is 2.76. The summed E-state index contributed by atoms with van der Waals surface area (Å²) in [6.45, 7) is 0. The Hall–Kier alpha value is -2.11. The molecule has 0 bridgehead atoms. The molecule has 6 nitrogen and oxygen atoms in total. The Bertz CT molecular complexity index is 594. The van der Waals surface area contributed by atoms with Gasteiger partial charge in [0.25, 0.3) is 5.91 Å². The summed E-state index contributed by atoms with van der Waals surface area (Å²) in [5.41, 5.74) is 0.176. The molecule has 114 valence electrons. The summed E-state index contributed by atoms with van der Waals surface area (Å²) in [6.07, 6.45) is 5.52. The van der Waals surface area contributed by atoms with Gasteiger partial charge in [0.05, 0.1) is 11.5 Å². The summed E-state index contributed by atoms with van der Waals surface area (Å²) in [7, 11) is 1.57. The van der Waals surface area contributed by atoms with Crippen molar-refractivity contribution in [3.63, 3.8) is 0 Å². The minimum Gasteiger partial charge on any atom is -0.481 e. The van der Waals surface area contributed by atoms with Gasteiger partial charge in [0.2, 0.25) is 5.56 Å². The second kappa shape index (κ2) is 6.56. The number of nitrogens with one attached hydrogen (secondary N) is 1. The number of carbonyl (C=O) groups excluding carboxylic acids is 1. The lowest BCUT2D eigenvalue weighted by Crippen LogP contribution is -2.43. The lowest BCUT2D eigenvalue weighted by molar-refractivity contribution is -0.142. The molecule has 0 spiro atoms. The van der Waals surface area contributed by atoms with Gasteiger partial charge in [-0.3, -0.25) is 14.4 Å².